The SMILES string of the molecule is CNC1CCCC1CCOc1ccccc1C. The molecule has 0 saturated heterocycles. The Morgan fingerprint density at radius 1 is 1.29 bits per heavy atom. The lowest BCUT2D eigenvalue weighted by molar-refractivity contribution is 0.262. The van der Waals surface area contributed by atoms with E-state index in [-0.39, 0.29) is 0 Å². The van der Waals surface area contributed by atoms with Crippen LogP contribution in [0.4, 0.5) is 0 Å². The van der Waals surface area contributed by atoms with Gasteiger partial charge in [0.05, 0.1) is 6.61 Å². The van der Waals surface area contributed by atoms with Gasteiger partial charge < -0.3 is 10.1 Å². The molecular weight excluding hydrogens is 210 g/mol. The topological polar surface area (TPSA) is 21.3 Å². The van der Waals surface area contributed by atoms with Gasteiger partial charge in [-0.15, -0.1) is 0 Å². The van der Waals surface area contributed by atoms with Gasteiger partial charge in [-0.1, -0.05) is 24.6 Å². The number of benzene rings is 1. The molecule has 0 spiro atoms. The van der Waals surface area contributed by atoms with Crippen LogP contribution in [0.3, 0.4) is 0 Å². The molecule has 0 aromatic heterocycles. The highest BCUT2D eigenvalue weighted by atomic mass is 16.5. The van der Waals surface area contributed by atoms with Gasteiger partial charge in [-0.05, 0) is 50.8 Å². The fraction of sp³-hybridized carbons (Fsp3) is 0.600. The van der Waals surface area contributed by atoms with Crippen molar-refractivity contribution in [1.82, 2.24) is 5.32 Å². The summed E-state index contributed by atoms with van der Waals surface area (Å²) in [6.45, 7) is 2.94. The predicted octanol–water partition coefficient (Wildman–Crippen LogP) is 3.15. The molecule has 1 aliphatic rings. The molecule has 1 aliphatic carbocycles. The molecule has 0 heterocycles. The Morgan fingerprint density at radius 3 is 2.88 bits per heavy atom. The van der Waals surface area contributed by atoms with Crippen molar-refractivity contribution in [3.05, 3.63) is 29.8 Å². The van der Waals surface area contributed by atoms with Crippen LogP contribution in [0.1, 0.15) is 31.2 Å². The Labute approximate surface area is 104 Å². The van der Waals surface area contributed by atoms with Crippen LogP contribution in [-0.2, 0) is 0 Å². The maximum absolute atomic E-state index is 5.86. The Hall–Kier alpha value is -1.02. The lowest BCUT2D eigenvalue weighted by Gasteiger charge is -2.19. The van der Waals surface area contributed by atoms with Gasteiger partial charge in [-0.25, -0.2) is 0 Å². The molecule has 2 heteroatoms. The van der Waals surface area contributed by atoms with Gasteiger partial charge in [0.15, 0.2) is 0 Å². The minimum atomic E-state index is 0.704. The van der Waals surface area contributed by atoms with E-state index in [9.17, 15) is 0 Å². The molecule has 94 valence electrons. The molecular formula is C15H23NO. The van der Waals surface area contributed by atoms with Gasteiger partial charge in [0.1, 0.15) is 5.75 Å². The van der Waals surface area contributed by atoms with Crippen LogP contribution in [0.25, 0.3) is 0 Å². The van der Waals surface area contributed by atoms with E-state index >= 15 is 0 Å². The van der Waals surface area contributed by atoms with Crippen molar-refractivity contribution in [2.45, 2.75) is 38.6 Å². The largest absolute Gasteiger partial charge is 0.493 e. The van der Waals surface area contributed by atoms with E-state index in [1.54, 1.807) is 0 Å². The first kappa shape index (κ1) is 12.4. The number of para-hydroxylation sites is 1. The molecule has 2 nitrogen and oxygen atoms in total. The molecule has 1 aromatic carbocycles. The van der Waals surface area contributed by atoms with Gasteiger partial charge in [0.2, 0.25) is 0 Å². The second kappa shape index (κ2) is 6.06. The van der Waals surface area contributed by atoms with Gasteiger partial charge in [-0.2, -0.15) is 0 Å². The highest BCUT2D eigenvalue weighted by Gasteiger charge is 2.25. The van der Waals surface area contributed by atoms with E-state index in [2.05, 4.69) is 37.5 Å². The second-order valence-corrected chi connectivity index (χ2v) is 4.99. The third-order valence-corrected chi connectivity index (χ3v) is 3.87. The number of nitrogens with one attached hydrogen (secondary N) is 1. The van der Waals surface area contributed by atoms with Crippen LogP contribution in [0.15, 0.2) is 24.3 Å². The summed E-state index contributed by atoms with van der Waals surface area (Å²) in [6, 6.07) is 8.95. The maximum atomic E-state index is 5.86. The molecule has 1 fully saturated rings. The van der Waals surface area contributed by atoms with Crippen molar-refractivity contribution in [3.63, 3.8) is 0 Å². The molecule has 0 amide bonds. The Morgan fingerprint density at radius 2 is 2.12 bits per heavy atom. The number of hydrogen-bond acceptors (Lipinski definition) is 2. The van der Waals surface area contributed by atoms with E-state index in [4.69, 9.17) is 4.74 Å². The Bertz CT molecular complexity index is 351. The summed E-state index contributed by atoms with van der Waals surface area (Å²) >= 11 is 0. The van der Waals surface area contributed by atoms with Crippen LogP contribution in [0, 0.1) is 12.8 Å². The van der Waals surface area contributed by atoms with Gasteiger partial charge in [0, 0.05) is 6.04 Å². The zero-order valence-electron chi connectivity index (χ0n) is 10.9. The standard InChI is InChI=1S/C15H23NO/c1-12-6-3-4-9-15(12)17-11-10-13-7-5-8-14(13)16-2/h3-4,6,9,13-14,16H,5,7-8,10-11H2,1-2H3. The first-order valence-corrected chi connectivity index (χ1v) is 6.67. The van der Waals surface area contributed by atoms with E-state index in [0.717, 1.165) is 18.3 Å². The zero-order valence-corrected chi connectivity index (χ0v) is 10.9. The average Bonchev–Trinajstić information content (AvgIpc) is 2.79. The van der Waals surface area contributed by atoms with Crippen molar-refractivity contribution in [1.29, 1.82) is 0 Å². The zero-order chi connectivity index (χ0) is 12.1. The molecule has 17 heavy (non-hydrogen) atoms. The summed E-state index contributed by atoms with van der Waals surface area (Å²) in [5.41, 5.74) is 1.23. The maximum Gasteiger partial charge on any atom is 0.122 e. The van der Waals surface area contributed by atoms with Crippen LogP contribution in [0.2, 0.25) is 0 Å². The fourth-order valence-electron chi connectivity index (χ4n) is 2.80. The van der Waals surface area contributed by atoms with Crippen molar-refractivity contribution < 1.29 is 4.74 Å². The molecule has 1 saturated carbocycles. The molecule has 2 atom stereocenters. The minimum Gasteiger partial charge on any atom is -0.493 e. The predicted molar refractivity (Wildman–Crippen MR) is 71.5 cm³/mol. The van der Waals surface area contributed by atoms with E-state index in [0.29, 0.717) is 6.04 Å². The highest BCUT2D eigenvalue weighted by Crippen LogP contribution is 2.28. The number of ether oxygens (including phenoxy) is 1. The van der Waals surface area contributed by atoms with Crippen molar-refractivity contribution in [2.24, 2.45) is 5.92 Å². The first-order valence-electron chi connectivity index (χ1n) is 6.67. The average molecular weight is 233 g/mol. The quantitative estimate of drug-likeness (QED) is 0.843. The van der Waals surface area contributed by atoms with Gasteiger partial charge in [0.25, 0.3) is 0 Å². The highest BCUT2D eigenvalue weighted by molar-refractivity contribution is 5.31. The lowest BCUT2D eigenvalue weighted by atomic mass is 10.0. The molecule has 0 bridgehead atoms. The van der Waals surface area contributed by atoms with E-state index in [1.165, 1.54) is 31.2 Å². The fourth-order valence-corrected chi connectivity index (χ4v) is 2.80. The van der Waals surface area contributed by atoms with Crippen LogP contribution in [0.5, 0.6) is 5.75 Å². The summed E-state index contributed by atoms with van der Waals surface area (Å²) in [7, 11) is 2.07. The normalized spacial score (nSPS) is 23.9. The second-order valence-electron chi connectivity index (χ2n) is 4.99. The van der Waals surface area contributed by atoms with Crippen LogP contribution in [-0.4, -0.2) is 19.7 Å². The molecule has 0 aliphatic heterocycles. The van der Waals surface area contributed by atoms with Crippen molar-refractivity contribution in [2.75, 3.05) is 13.7 Å². The van der Waals surface area contributed by atoms with Gasteiger partial charge in [-0.3, -0.25) is 0 Å². The molecule has 1 aromatic rings. The monoisotopic (exact) mass is 233 g/mol. The summed E-state index contributed by atoms with van der Waals surface area (Å²) in [5, 5.41) is 3.42. The summed E-state index contributed by atoms with van der Waals surface area (Å²) in [6.07, 6.45) is 5.20. The third kappa shape index (κ3) is 3.22. The van der Waals surface area contributed by atoms with E-state index in [1.807, 2.05) is 6.07 Å². The molecule has 1 N–H and O–H groups in total. The van der Waals surface area contributed by atoms with Gasteiger partial charge >= 0.3 is 0 Å². The molecule has 0 radical (unpaired) electrons. The Balaban J connectivity index is 1.78. The molecule has 2 unspecified atom stereocenters. The Kier molecular flexibility index (Phi) is 4.43. The van der Waals surface area contributed by atoms with E-state index < -0.39 is 0 Å². The van der Waals surface area contributed by atoms with Crippen molar-refractivity contribution >= 4 is 0 Å². The summed E-state index contributed by atoms with van der Waals surface area (Å²) in [4.78, 5) is 0. The lowest BCUT2D eigenvalue weighted by Crippen LogP contribution is -2.29. The number of hydrogen-bond donors (Lipinski definition) is 1. The third-order valence-electron chi connectivity index (χ3n) is 3.87. The van der Waals surface area contributed by atoms with Crippen LogP contribution >= 0.6 is 0 Å². The summed E-state index contributed by atoms with van der Waals surface area (Å²) < 4.78 is 5.86. The number of rotatable bonds is 5. The van der Waals surface area contributed by atoms with Crippen LogP contribution < -0.4 is 10.1 Å². The minimum absolute atomic E-state index is 0.704. The smallest absolute Gasteiger partial charge is 0.122 e. The summed E-state index contributed by atoms with van der Waals surface area (Å²) in [5.74, 6) is 1.83. The molecule has 2 rings (SSSR count). The van der Waals surface area contributed by atoms with Crippen molar-refractivity contribution in [3.8, 4) is 5.75 Å². The number of aryl methyl sites for hydroxylation is 1. The first-order chi connectivity index (χ1) is 8.31.